The summed E-state index contributed by atoms with van der Waals surface area (Å²) in [5, 5.41) is 9.85. The van der Waals surface area contributed by atoms with Crippen LogP contribution in [0.5, 0.6) is 0 Å². The summed E-state index contributed by atoms with van der Waals surface area (Å²) in [6.45, 7) is 13.3. The van der Waals surface area contributed by atoms with E-state index in [0.29, 0.717) is 38.2 Å². The summed E-state index contributed by atoms with van der Waals surface area (Å²) < 4.78 is 0. The Bertz CT molecular complexity index is 761. The molecule has 1 fully saturated rings. The lowest BCUT2D eigenvalue weighted by Gasteiger charge is -2.11. The highest BCUT2D eigenvalue weighted by Gasteiger charge is 2.41. The van der Waals surface area contributed by atoms with Crippen molar-refractivity contribution in [2.24, 2.45) is 0 Å². The molecule has 37 heavy (non-hydrogen) atoms. The molecule has 1 unspecified atom stereocenters. The summed E-state index contributed by atoms with van der Waals surface area (Å²) in [5.74, 6) is -1.27. The van der Waals surface area contributed by atoms with E-state index in [2.05, 4.69) is 21.3 Å². The summed E-state index contributed by atoms with van der Waals surface area (Å²) in [4.78, 5) is 78.7. The van der Waals surface area contributed by atoms with Gasteiger partial charge in [0, 0.05) is 57.6 Å². The van der Waals surface area contributed by atoms with Gasteiger partial charge in [0.25, 0.3) is 0 Å². The molecule has 0 aromatic heterocycles. The lowest BCUT2D eigenvalue weighted by atomic mass is 10.3. The minimum absolute atomic E-state index is 0.0463. The zero-order valence-corrected chi connectivity index (χ0v) is 23.7. The van der Waals surface area contributed by atoms with Gasteiger partial charge in [-0.1, -0.05) is 13.8 Å². The number of hydrogen-bond acceptors (Lipinski definition) is 8. The maximum absolute atomic E-state index is 11.9. The van der Waals surface area contributed by atoms with Crippen LogP contribution in [0.25, 0.3) is 0 Å². The van der Waals surface area contributed by atoms with E-state index < -0.39 is 23.0 Å². The Morgan fingerprint density at radius 1 is 0.730 bits per heavy atom. The zero-order valence-electron chi connectivity index (χ0n) is 22.9. The lowest BCUT2D eigenvalue weighted by molar-refractivity contribution is -0.149. The van der Waals surface area contributed by atoms with Gasteiger partial charge < -0.3 is 21.3 Å². The van der Waals surface area contributed by atoms with Crippen LogP contribution in [0, 0.1) is 0 Å². The van der Waals surface area contributed by atoms with E-state index in [1.165, 1.54) is 11.8 Å². The van der Waals surface area contributed by atoms with E-state index in [1.807, 2.05) is 34.6 Å². The molecule has 1 aliphatic rings. The maximum atomic E-state index is 11.9. The first kappa shape index (κ1) is 36.2. The Balaban J connectivity index is 0. The summed E-state index contributed by atoms with van der Waals surface area (Å²) in [7, 11) is 0. The first-order valence-electron chi connectivity index (χ1n) is 12.6. The molecule has 0 aromatic carbocycles. The van der Waals surface area contributed by atoms with Gasteiger partial charge in [0.2, 0.25) is 41.4 Å². The fraction of sp³-hybridized carbons (Fsp3) is 0.708. The summed E-state index contributed by atoms with van der Waals surface area (Å²) >= 11 is 1.26. The third kappa shape index (κ3) is 17.2. The van der Waals surface area contributed by atoms with Crippen molar-refractivity contribution in [3.05, 3.63) is 0 Å². The fourth-order valence-electron chi connectivity index (χ4n) is 2.72. The van der Waals surface area contributed by atoms with Crippen LogP contribution >= 0.6 is 11.8 Å². The van der Waals surface area contributed by atoms with Crippen LogP contribution in [0.1, 0.15) is 73.6 Å². The molecule has 1 saturated heterocycles. The van der Waals surface area contributed by atoms with Crippen LogP contribution in [-0.2, 0) is 33.6 Å². The van der Waals surface area contributed by atoms with Crippen molar-refractivity contribution in [2.45, 2.75) is 78.9 Å². The van der Waals surface area contributed by atoms with Crippen LogP contribution in [0.4, 0.5) is 0 Å². The van der Waals surface area contributed by atoms with E-state index in [9.17, 15) is 33.6 Å². The van der Waals surface area contributed by atoms with Crippen LogP contribution in [0.3, 0.4) is 0 Å². The number of carbonyl (C=O) groups excluding carboxylic acids is 7. The van der Waals surface area contributed by atoms with Crippen molar-refractivity contribution in [3.8, 4) is 0 Å². The first-order chi connectivity index (χ1) is 17.5. The number of nitrogens with one attached hydrogen (secondary N) is 4. The second kappa shape index (κ2) is 22.3. The van der Waals surface area contributed by atoms with E-state index >= 15 is 0 Å². The van der Waals surface area contributed by atoms with Crippen molar-refractivity contribution in [2.75, 3.05) is 31.9 Å². The topological polar surface area (TPSA) is 171 Å². The number of nitrogens with zero attached hydrogens (tertiary/aromatic N) is 1. The van der Waals surface area contributed by atoms with Crippen molar-refractivity contribution >= 4 is 53.1 Å². The summed E-state index contributed by atoms with van der Waals surface area (Å²) in [6, 6.07) is 0. The Morgan fingerprint density at radius 3 is 1.59 bits per heavy atom. The second-order valence-corrected chi connectivity index (χ2v) is 8.78. The van der Waals surface area contributed by atoms with Gasteiger partial charge in [0.15, 0.2) is 0 Å². The molecular weight excluding hydrogens is 502 g/mol. The number of hydrogen-bond donors (Lipinski definition) is 4. The number of imide groups is 3. The molecule has 0 radical (unpaired) electrons. The Kier molecular flexibility index (Phi) is 21.8. The van der Waals surface area contributed by atoms with E-state index in [1.54, 1.807) is 6.92 Å². The predicted molar refractivity (Wildman–Crippen MR) is 142 cm³/mol. The van der Waals surface area contributed by atoms with Gasteiger partial charge in [0.1, 0.15) is 6.42 Å². The minimum Gasteiger partial charge on any atom is -0.356 e. The van der Waals surface area contributed by atoms with E-state index in [4.69, 9.17) is 0 Å². The minimum atomic E-state index is -0.530. The molecule has 1 heterocycles. The number of carbonyl (C=O) groups is 7. The quantitative estimate of drug-likeness (QED) is 0.203. The van der Waals surface area contributed by atoms with Gasteiger partial charge in [-0.3, -0.25) is 33.6 Å². The second-order valence-electron chi connectivity index (χ2n) is 7.47. The van der Waals surface area contributed by atoms with Gasteiger partial charge in [-0.2, -0.15) is 0 Å². The smallest absolute Gasteiger partial charge is 0.249 e. The summed E-state index contributed by atoms with van der Waals surface area (Å²) in [6.07, 6.45) is 1.01. The molecule has 0 saturated carbocycles. The highest BCUT2D eigenvalue weighted by Crippen LogP contribution is 2.26. The van der Waals surface area contributed by atoms with Gasteiger partial charge in [-0.25, -0.2) is 4.90 Å². The maximum Gasteiger partial charge on any atom is 0.249 e. The summed E-state index contributed by atoms with van der Waals surface area (Å²) in [5.41, 5.74) is 0. The van der Waals surface area contributed by atoms with Crippen LogP contribution in [0.15, 0.2) is 0 Å². The molecular formula is C24H43N5O7S. The molecule has 0 aromatic rings. The van der Waals surface area contributed by atoms with Gasteiger partial charge in [0.05, 0.1) is 5.25 Å². The number of thioether (sulfide) groups is 1. The Hall–Kier alpha value is -2.96. The molecule has 7 amide bonds. The van der Waals surface area contributed by atoms with Crippen molar-refractivity contribution in [1.29, 1.82) is 0 Å². The van der Waals surface area contributed by atoms with Gasteiger partial charge in [-0.15, -0.1) is 11.8 Å². The highest BCUT2D eigenvalue weighted by molar-refractivity contribution is 8.00. The number of amides is 7. The predicted octanol–water partition coefficient (Wildman–Crippen LogP) is 0.491. The van der Waals surface area contributed by atoms with Crippen LogP contribution < -0.4 is 21.3 Å². The lowest BCUT2D eigenvalue weighted by Crippen LogP contribution is -2.36. The van der Waals surface area contributed by atoms with Gasteiger partial charge in [-0.05, 0) is 27.7 Å². The van der Waals surface area contributed by atoms with Crippen molar-refractivity contribution in [1.82, 2.24) is 26.2 Å². The largest absolute Gasteiger partial charge is 0.356 e. The standard InChI is InChI=1S/C12H18N2O4S.C7H14N2O2.C5H11NO/c1-3-10(16)14-11(17)7-8(12(14)18)19-6-5-9(15)13-4-2;1-3-8-6(10)5-7(11)9-4-2;1-3-5(7)6-4-2/h8H,3-7H2,1-2H3,(H,13,15);3-5H2,1-2H3,(H,8,10)(H,9,11);3-4H2,1-2H3,(H,6,7). The SMILES string of the molecule is CCNC(=O)CC.CCNC(=O)CC(=O)NCC.CCNC(=O)CCSC1CC(=O)N(C(=O)CC)C1=O. The van der Waals surface area contributed by atoms with Crippen LogP contribution in [0.2, 0.25) is 0 Å². The molecule has 1 aliphatic heterocycles. The molecule has 0 spiro atoms. The molecule has 13 heteroatoms. The average molecular weight is 546 g/mol. The first-order valence-corrected chi connectivity index (χ1v) is 13.6. The van der Waals surface area contributed by atoms with Crippen LogP contribution in [-0.4, -0.2) is 83.4 Å². The third-order valence-electron chi connectivity index (χ3n) is 4.44. The molecule has 1 rings (SSSR count). The zero-order chi connectivity index (χ0) is 28.8. The molecule has 0 aliphatic carbocycles. The fourth-order valence-corrected chi connectivity index (χ4v) is 3.82. The van der Waals surface area contributed by atoms with Crippen molar-refractivity contribution in [3.63, 3.8) is 0 Å². The number of rotatable bonds is 12. The van der Waals surface area contributed by atoms with E-state index in [-0.39, 0.29) is 42.9 Å². The molecule has 1 atom stereocenters. The Morgan fingerprint density at radius 2 is 1.19 bits per heavy atom. The number of likely N-dealkylation sites (tertiary alicyclic amines) is 1. The monoisotopic (exact) mass is 545 g/mol. The average Bonchev–Trinajstić information content (AvgIpc) is 3.12. The van der Waals surface area contributed by atoms with Crippen molar-refractivity contribution < 1.29 is 33.6 Å². The Labute approximate surface area is 223 Å². The molecule has 4 N–H and O–H groups in total. The molecule has 0 bridgehead atoms. The highest BCUT2D eigenvalue weighted by atomic mass is 32.2. The molecule has 212 valence electrons. The van der Waals surface area contributed by atoms with Gasteiger partial charge >= 0.3 is 0 Å². The third-order valence-corrected chi connectivity index (χ3v) is 5.65. The molecule has 12 nitrogen and oxygen atoms in total. The van der Waals surface area contributed by atoms with E-state index in [0.717, 1.165) is 11.4 Å². The normalized spacial score (nSPS) is 13.9.